The summed E-state index contributed by atoms with van der Waals surface area (Å²) >= 11 is 5.99. The van der Waals surface area contributed by atoms with Crippen LogP contribution in [0.25, 0.3) is 0 Å². The van der Waals surface area contributed by atoms with Gasteiger partial charge in [0.1, 0.15) is 0 Å². The van der Waals surface area contributed by atoms with Gasteiger partial charge in [-0.3, -0.25) is 9.00 Å². The highest BCUT2D eigenvalue weighted by molar-refractivity contribution is 7.99. The third-order valence-electron chi connectivity index (χ3n) is 2.69. The second-order valence-electron chi connectivity index (χ2n) is 4.47. The summed E-state index contributed by atoms with van der Waals surface area (Å²) in [5, 5.41) is 3.11. The molecular formula is C15H14ClNO2S. The molecule has 2 aromatic rings. The summed E-state index contributed by atoms with van der Waals surface area (Å²) in [6, 6.07) is 13.8. The molecule has 0 fully saturated rings. The van der Waals surface area contributed by atoms with E-state index in [2.05, 4.69) is 11.2 Å². The van der Waals surface area contributed by atoms with Crippen LogP contribution in [0.2, 0.25) is 5.02 Å². The minimum atomic E-state index is -2.47. The first kappa shape index (κ1) is 14.6. The molecule has 1 N–H and O–H groups in total. The number of benzene rings is 2. The topological polar surface area (TPSA) is 46.2 Å². The summed E-state index contributed by atoms with van der Waals surface area (Å²) in [5.41, 5.74) is 1.09. The minimum absolute atomic E-state index is 0.280. The van der Waals surface area contributed by atoms with Crippen molar-refractivity contribution in [2.75, 3.05) is 11.6 Å². The fourth-order valence-electron chi connectivity index (χ4n) is 1.70. The number of carbonyl (C=O) groups is 1. The van der Waals surface area contributed by atoms with Crippen LogP contribution in [0.1, 0.15) is 10.4 Å². The van der Waals surface area contributed by atoms with Crippen LogP contribution < -0.4 is 5.32 Å². The molecule has 2 aromatic carbocycles. The number of amides is 1. The molecule has 20 heavy (non-hydrogen) atoms. The van der Waals surface area contributed by atoms with Crippen LogP contribution in [-0.2, 0) is 9.52 Å². The third-order valence-corrected chi connectivity index (χ3v) is 4.40. The molecule has 5 heteroatoms. The number of carbonyl (C=O) groups excluding carboxylic acids is 1. The van der Waals surface area contributed by atoms with Gasteiger partial charge >= 0.3 is 0 Å². The standard InChI is InChI=1S/C15H14ClNO2S/c1-20(2,19)14-10-11(8-9-13(14)16)15(18)17-12-6-4-3-5-7-12/h3-10H,1H2,2H3,(H,17,18). The molecule has 0 heterocycles. The highest BCUT2D eigenvalue weighted by Crippen LogP contribution is 2.23. The van der Waals surface area contributed by atoms with Crippen LogP contribution in [0.4, 0.5) is 5.69 Å². The highest BCUT2D eigenvalue weighted by atomic mass is 35.5. The molecule has 1 amide bonds. The summed E-state index contributed by atoms with van der Waals surface area (Å²) in [7, 11) is -2.47. The van der Waals surface area contributed by atoms with Crippen LogP contribution in [0, 0.1) is 0 Å². The van der Waals surface area contributed by atoms with Crippen molar-refractivity contribution in [1.82, 2.24) is 0 Å². The Kier molecular flexibility index (Phi) is 4.16. The SMILES string of the molecule is C=S(C)(=O)c1cc(C(=O)Nc2ccccc2)ccc1Cl. The van der Waals surface area contributed by atoms with E-state index >= 15 is 0 Å². The molecule has 0 bridgehead atoms. The van der Waals surface area contributed by atoms with Gasteiger partial charge in [-0.2, -0.15) is 0 Å². The van der Waals surface area contributed by atoms with Crippen LogP contribution in [0.5, 0.6) is 0 Å². The fraction of sp³-hybridized carbons (Fsp3) is 0.0667. The van der Waals surface area contributed by atoms with E-state index in [0.29, 0.717) is 21.2 Å². The first-order chi connectivity index (χ1) is 9.38. The number of para-hydroxylation sites is 1. The molecule has 0 radical (unpaired) electrons. The summed E-state index contributed by atoms with van der Waals surface area (Å²) in [6.45, 7) is 0. The van der Waals surface area contributed by atoms with E-state index in [9.17, 15) is 9.00 Å². The van der Waals surface area contributed by atoms with Crippen molar-refractivity contribution in [3.05, 3.63) is 59.1 Å². The van der Waals surface area contributed by atoms with E-state index in [1.807, 2.05) is 18.2 Å². The van der Waals surface area contributed by atoms with Crippen LogP contribution in [0.3, 0.4) is 0 Å². The molecule has 1 unspecified atom stereocenters. The Morgan fingerprint density at radius 2 is 1.85 bits per heavy atom. The Morgan fingerprint density at radius 1 is 1.20 bits per heavy atom. The molecule has 3 nitrogen and oxygen atoms in total. The van der Waals surface area contributed by atoms with Crippen molar-refractivity contribution in [2.24, 2.45) is 0 Å². The summed E-state index contributed by atoms with van der Waals surface area (Å²) in [6.07, 6.45) is 1.49. The molecule has 0 aromatic heterocycles. The minimum Gasteiger partial charge on any atom is -0.322 e. The first-order valence-electron chi connectivity index (χ1n) is 5.86. The van der Waals surface area contributed by atoms with Gasteiger partial charge in [0.25, 0.3) is 5.91 Å². The normalized spacial score (nSPS) is 13.5. The van der Waals surface area contributed by atoms with Crippen LogP contribution in [0.15, 0.2) is 53.4 Å². The fourth-order valence-corrected chi connectivity index (χ4v) is 3.16. The van der Waals surface area contributed by atoms with Crippen LogP contribution in [-0.4, -0.2) is 22.2 Å². The molecule has 104 valence electrons. The van der Waals surface area contributed by atoms with Gasteiger partial charge in [-0.05, 0) is 45.7 Å². The lowest BCUT2D eigenvalue weighted by Gasteiger charge is -2.09. The molecule has 0 spiro atoms. The number of nitrogens with one attached hydrogen (secondary N) is 1. The maximum absolute atomic E-state index is 12.1. The number of anilines is 1. The quantitative estimate of drug-likeness (QED) is 0.884. The average molecular weight is 308 g/mol. The van der Waals surface area contributed by atoms with Gasteiger partial charge < -0.3 is 5.32 Å². The van der Waals surface area contributed by atoms with E-state index in [1.165, 1.54) is 12.3 Å². The van der Waals surface area contributed by atoms with Gasteiger partial charge in [-0.15, -0.1) is 0 Å². The molecule has 0 saturated heterocycles. The molecule has 0 aliphatic rings. The molecule has 2 rings (SSSR count). The van der Waals surface area contributed by atoms with Gasteiger partial charge in [0.15, 0.2) is 0 Å². The van der Waals surface area contributed by atoms with E-state index in [4.69, 9.17) is 11.6 Å². The summed E-state index contributed by atoms with van der Waals surface area (Å²) < 4.78 is 12.0. The maximum atomic E-state index is 12.1. The zero-order chi connectivity index (χ0) is 14.8. The molecule has 0 saturated carbocycles. The predicted molar refractivity (Wildman–Crippen MR) is 85.3 cm³/mol. The lowest BCUT2D eigenvalue weighted by molar-refractivity contribution is 0.102. The Morgan fingerprint density at radius 3 is 2.45 bits per heavy atom. The zero-order valence-electron chi connectivity index (χ0n) is 10.9. The number of rotatable bonds is 3. The Balaban J connectivity index is 2.32. The van der Waals surface area contributed by atoms with Crippen molar-refractivity contribution >= 4 is 38.6 Å². The van der Waals surface area contributed by atoms with E-state index in [1.54, 1.807) is 24.3 Å². The highest BCUT2D eigenvalue weighted by Gasteiger charge is 2.12. The molecule has 0 aliphatic heterocycles. The zero-order valence-corrected chi connectivity index (χ0v) is 12.5. The van der Waals surface area contributed by atoms with Crippen LogP contribution >= 0.6 is 11.6 Å². The Hall–Kier alpha value is -1.78. The van der Waals surface area contributed by atoms with Gasteiger partial charge in [0.05, 0.1) is 5.02 Å². The van der Waals surface area contributed by atoms with Gasteiger partial charge in [-0.25, -0.2) is 0 Å². The average Bonchev–Trinajstić information content (AvgIpc) is 2.39. The lowest BCUT2D eigenvalue weighted by atomic mass is 10.2. The largest absolute Gasteiger partial charge is 0.322 e. The van der Waals surface area contributed by atoms with Gasteiger partial charge in [-0.1, -0.05) is 29.8 Å². The van der Waals surface area contributed by atoms with Crippen molar-refractivity contribution < 1.29 is 9.00 Å². The Bertz CT molecular complexity index is 740. The Labute approximate surface area is 123 Å². The molecular weight excluding hydrogens is 294 g/mol. The second kappa shape index (κ2) is 5.69. The van der Waals surface area contributed by atoms with Crippen molar-refractivity contribution in [1.29, 1.82) is 0 Å². The summed E-state index contributed by atoms with van der Waals surface area (Å²) in [5.74, 6) is 3.32. The number of hydrogen-bond acceptors (Lipinski definition) is 2. The number of halogens is 1. The monoisotopic (exact) mass is 307 g/mol. The van der Waals surface area contributed by atoms with E-state index in [-0.39, 0.29) is 5.91 Å². The van der Waals surface area contributed by atoms with Gasteiger partial charge in [0.2, 0.25) is 0 Å². The van der Waals surface area contributed by atoms with Crippen molar-refractivity contribution in [2.45, 2.75) is 4.90 Å². The second-order valence-corrected chi connectivity index (χ2v) is 7.33. The number of hydrogen-bond donors (Lipinski definition) is 1. The van der Waals surface area contributed by atoms with Crippen molar-refractivity contribution in [3.63, 3.8) is 0 Å². The lowest BCUT2D eigenvalue weighted by Crippen LogP contribution is -2.12. The third kappa shape index (κ3) is 3.40. The molecule has 1 atom stereocenters. The van der Waals surface area contributed by atoms with E-state index in [0.717, 1.165) is 0 Å². The van der Waals surface area contributed by atoms with E-state index < -0.39 is 9.52 Å². The maximum Gasteiger partial charge on any atom is 0.255 e. The predicted octanol–water partition coefficient (Wildman–Crippen LogP) is 3.30. The van der Waals surface area contributed by atoms with Gasteiger partial charge in [0, 0.05) is 22.4 Å². The summed E-state index contributed by atoms with van der Waals surface area (Å²) in [4.78, 5) is 12.5. The molecule has 0 aliphatic carbocycles. The first-order valence-corrected chi connectivity index (χ1v) is 8.37. The van der Waals surface area contributed by atoms with Crippen molar-refractivity contribution in [3.8, 4) is 0 Å². The smallest absolute Gasteiger partial charge is 0.255 e.